The van der Waals surface area contributed by atoms with E-state index in [2.05, 4.69) is 20.1 Å². The van der Waals surface area contributed by atoms with E-state index < -0.39 is 33.3 Å². The van der Waals surface area contributed by atoms with E-state index in [0.717, 1.165) is 19.3 Å². The topological polar surface area (TPSA) is 87.1 Å². The maximum Gasteiger partial charge on any atom is 0.311 e. The van der Waals surface area contributed by atoms with Gasteiger partial charge in [0, 0.05) is 24.4 Å². The van der Waals surface area contributed by atoms with Crippen LogP contribution in [0.2, 0.25) is 0 Å². The quantitative estimate of drug-likeness (QED) is 0.383. The van der Waals surface area contributed by atoms with Crippen LogP contribution in [0, 0.1) is 11.8 Å². The Kier molecular flexibility index (Phi) is 7.21. The molecule has 3 saturated heterocycles. The van der Waals surface area contributed by atoms with E-state index >= 15 is 0 Å². The molecule has 2 amide bonds. The van der Waals surface area contributed by atoms with Gasteiger partial charge in [0.2, 0.25) is 11.8 Å². The molecule has 3 aliphatic heterocycles. The number of esters is 1. The minimum atomic E-state index is -0.696. The summed E-state index contributed by atoms with van der Waals surface area (Å²) in [5.41, 5.74) is 0. The van der Waals surface area contributed by atoms with Gasteiger partial charge >= 0.3 is 5.97 Å². The summed E-state index contributed by atoms with van der Waals surface area (Å²) in [5.74, 6) is -1.97. The number of fused-ring (bicyclic) bond motifs is 1. The van der Waals surface area contributed by atoms with E-state index in [9.17, 15) is 19.5 Å². The smallest absolute Gasteiger partial charge is 0.311 e. The molecule has 0 aromatic carbocycles. The van der Waals surface area contributed by atoms with Crippen LogP contribution in [0.5, 0.6) is 0 Å². The van der Waals surface area contributed by atoms with Crippen molar-refractivity contribution in [1.29, 1.82) is 0 Å². The van der Waals surface area contributed by atoms with Crippen LogP contribution in [0.25, 0.3) is 0 Å². The molecule has 3 fully saturated rings. The predicted octanol–water partition coefficient (Wildman–Crippen LogP) is 2.00. The van der Waals surface area contributed by atoms with Crippen molar-refractivity contribution in [2.24, 2.45) is 11.8 Å². The summed E-state index contributed by atoms with van der Waals surface area (Å²) in [6.45, 7) is 12.4. The average molecular weight is 451 g/mol. The van der Waals surface area contributed by atoms with Crippen LogP contribution in [0.1, 0.15) is 39.5 Å². The van der Waals surface area contributed by atoms with Gasteiger partial charge in [-0.2, -0.15) is 0 Å². The van der Waals surface area contributed by atoms with Crippen molar-refractivity contribution in [3.05, 3.63) is 25.3 Å². The van der Waals surface area contributed by atoms with Crippen LogP contribution in [0.3, 0.4) is 0 Å². The summed E-state index contributed by atoms with van der Waals surface area (Å²) in [4.78, 5) is 43.7. The van der Waals surface area contributed by atoms with Crippen LogP contribution >= 0.6 is 11.8 Å². The summed E-state index contributed by atoms with van der Waals surface area (Å²) in [5, 5.41) is 9.66. The van der Waals surface area contributed by atoms with Crippen molar-refractivity contribution in [3.8, 4) is 0 Å². The van der Waals surface area contributed by atoms with Crippen molar-refractivity contribution in [1.82, 2.24) is 9.80 Å². The molecule has 3 aliphatic rings. The molecule has 0 saturated carbocycles. The lowest BCUT2D eigenvalue weighted by Gasteiger charge is -2.37. The first-order valence-corrected chi connectivity index (χ1v) is 11.9. The molecule has 1 spiro atoms. The van der Waals surface area contributed by atoms with Crippen molar-refractivity contribution >= 4 is 29.5 Å². The highest BCUT2D eigenvalue weighted by atomic mass is 32.2. The highest BCUT2D eigenvalue weighted by molar-refractivity contribution is 8.02. The van der Waals surface area contributed by atoms with Crippen molar-refractivity contribution in [3.63, 3.8) is 0 Å². The maximum atomic E-state index is 13.8. The number of rotatable bonds is 11. The summed E-state index contributed by atoms with van der Waals surface area (Å²) >= 11 is 1.61. The van der Waals surface area contributed by atoms with Gasteiger partial charge in [0.15, 0.2) is 0 Å². The first kappa shape index (κ1) is 23.9. The van der Waals surface area contributed by atoms with E-state index in [4.69, 9.17) is 4.74 Å². The number of carbonyl (C=O) groups is 3. The second-order valence-corrected chi connectivity index (χ2v) is 10.7. The minimum absolute atomic E-state index is 0.0783. The molecule has 3 rings (SSSR count). The lowest BCUT2D eigenvalue weighted by atomic mass is 9.66. The van der Waals surface area contributed by atoms with E-state index in [-0.39, 0.29) is 31.6 Å². The molecular formula is C23H34N2O5S. The molecule has 3 heterocycles. The van der Waals surface area contributed by atoms with Gasteiger partial charge in [0.25, 0.3) is 0 Å². The maximum absolute atomic E-state index is 13.8. The van der Waals surface area contributed by atoms with E-state index in [1.54, 1.807) is 22.7 Å². The molecular weight excluding hydrogens is 416 g/mol. The number of aliphatic hydroxyl groups excluding tert-OH is 1. The molecule has 8 heteroatoms. The van der Waals surface area contributed by atoms with Crippen molar-refractivity contribution in [2.75, 3.05) is 32.8 Å². The third-order valence-corrected chi connectivity index (χ3v) is 8.88. The van der Waals surface area contributed by atoms with Gasteiger partial charge in [-0.15, -0.1) is 18.3 Å². The molecule has 0 aliphatic carbocycles. The standard InChI is InChI=1S/C23H34N2O5S/c1-5-8-12-24(11-6-2)20(28)18-23-10-9-22(4,31-23)17(21(29)30-15-7-3)16(23)19(27)25(18)13-14-26/h6-7,16-18,26H,2-3,5,8-15H2,1,4H3/t16-,17-,18?,22+,23?/m0/s1. The highest BCUT2D eigenvalue weighted by Crippen LogP contribution is 2.71. The average Bonchev–Trinajstić information content (AvgIpc) is 3.30. The summed E-state index contributed by atoms with van der Waals surface area (Å²) in [6.07, 6.45) is 6.44. The number of hydrogen-bond donors (Lipinski definition) is 1. The molecule has 172 valence electrons. The zero-order chi connectivity index (χ0) is 22.8. The van der Waals surface area contributed by atoms with Gasteiger partial charge in [-0.3, -0.25) is 14.4 Å². The van der Waals surface area contributed by atoms with Gasteiger partial charge in [0.1, 0.15) is 12.6 Å². The molecule has 0 radical (unpaired) electrons. The zero-order valence-electron chi connectivity index (χ0n) is 18.5. The lowest BCUT2D eigenvalue weighted by Crippen LogP contribution is -2.55. The Hall–Kier alpha value is -1.80. The highest BCUT2D eigenvalue weighted by Gasteiger charge is 2.77. The molecule has 0 aromatic rings. The monoisotopic (exact) mass is 450 g/mol. The number of nitrogens with zero attached hydrogens (tertiary/aromatic N) is 2. The fourth-order valence-corrected chi connectivity index (χ4v) is 7.95. The summed E-state index contributed by atoms with van der Waals surface area (Å²) < 4.78 is 4.25. The van der Waals surface area contributed by atoms with Crippen LogP contribution in [-0.4, -0.2) is 81.1 Å². The minimum Gasteiger partial charge on any atom is -0.461 e. The number of likely N-dealkylation sites (tertiary alicyclic amines) is 1. The number of hydrogen-bond acceptors (Lipinski definition) is 6. The number of amides is 2. The Bertz CT molecular complexity index is 758. The van der Waals surface area contributed by atoms with E-state index in [0.29, 0.717) is 19.5 Å². The molecule has 1 N–H and O–H groups in total. The summed E-state index contributed by atoms with van der Waals surface area (Å²) in [6, 6.07) is -0.696. The Labute approximate surface area is 188 Å². The van der Waals surface area contributed by atoms with Crippen molar-refractivity contribution < 1.29 is 24.2 Å². The SMILES string of the molecule is C=CCOC(=O)[C@@H]1[C@H]2C(=O)N(CCO)C(C(=O)N(CC=C)CCCC)C23CC[C@@]1(C)S3. The third-order valence-electron chi connectivity index (χ3n) is 6.89. The number of carbonyl (C=O) groups excluding carboxylic acids is 3. The third kappa shape index (κ3) is 3.82. The number of thioether (sulfide) groups is 1. The normalized spacial score (nSPS) is 33.3. The zero-order valence-corrected chi connectivity index (χ0v) is 19.4. The van der Waals surface area contributed by atoms with Gasteiger partial charge in [-0.25, -0.2) is 0 Å². The molecule has 2 unspecified atom stereocenters. The van der Waals surface area contributed by atoms with Crippen LogP contribution in [0.4, 0.5) is 0 Å². The van der Waals surface area contributed by atoms with E-state index in [1.165, 1.54) is 11.0 Å². The van der Waals surface area contributed by atoms with Gasteiger partial charge in [-0.1, -0.05) is 32.1 Å². The predicted molar refractivity (Wildman–Crippen MR) is 120 cm³/mol. The second-order valence-electron chi connectivity index (χ2n) is 8.83. The largest absolute Gasteiger partial charge is 0.461 e. The number of unbranched alkanes of at least 4 members (excludes halogenated alkanes) is 1. The van der Waals surface area contributed by atoms with Crippen LogP contribution < -0.4 is 0 Å². The van der Waals surface area contributed by atoms with Crippen LogP contribution in [0.15, 0.2) is 25.3 Å². The number of ether oxygens (including phenoxy) is 1. The van der Waals surface area contributed by atoms with Crippen molar-refractivity contribution in [2.45, 2.75) is 55.1 Å². The first-order chi connectivity index (χ1) is 14.8. The number of aliphatic hydroxyl groups is 1. The van der Waals surface area contributed by atoms with Gasteiger partial charge in [0.05, 0.1) is 23.2 Å². The first-order valence-electron chi connectivity index (χ1n) is 11.1. The molecule has 31 heavy (non-hydrogen) atoms. The Balaban J connectivity index is 2.01. The molecule has 5 atom stereocenters. The molecule has 7 nitrogen and oxygen atoms in total. The molecule has 0 aromatic heterocycles. The van der Waals surface area contributed by atoms with Crippen LogP contribution in [-0.2, 0) is 19.1 Å². The molecule has 2 bridgehead atoms. The Morgan fingerprint density at radius 3 is 2.71 bits per heavy atom. The number of β-amino-alcohol motifs (C(OH)–C–C–N with tert-alkyl or cyclic N) is 1. The Morgan fingerprint density at radius 1 is 1.35 bits per heavy atom. The van der Waals surface area contributed by atoms with E-state index in [1.807, 2.05) is 6.92 Å². The fraction of sp³-hybridized carbons (Fsp3) is 0.696. The van der Waals surface area contributed by atoms with Gasteiger partial charge < -0.3 is 19.6 Å². The second kappa shape index (κ2) is 9.36. The Morgan fingerprint density at radius 2 is 2.10 bits per heavy atom. The fourth-order valence-electron chi connectivity index (χ4n) is 5.61. The van der Waals surface area contributed by atoms with Gasteiger partial charge in [-0.05, 0) is 26.2 Å². The summed E-state index contributed by atoms with van der Waals surface area (Å²) in [7, 11) is 0. The lowest BCUT2D eigenvalue weighted by molar-refractivity contribution is -0.154.